The molecule has 1 aromatic carbocycles. The minimum atomic E-state index is -0.336. The van der Waals surface area contributed by atoms with Crippen molar-refractivity contribution in [2.45, 2.75) is 6.61 Å². The van der Waals surface area contributed by atoms with E-state index in [4.69, 9.17) is 4.74 Å². The first kappa shape index (κ1) is 9.15. The van der Waals surface area contributed by atoms with E-state index in [9.17, 15) is 4.39 Å². The van der Waals surface area contributed by atoms with Crippen molar-refractivity contribution in [2.75, 3.05) is 0 Å². The van der Waals surface area contributed by atoms with Gasteiger partial charge in [-0.2, -0.15) is 0 Å². The van der Waals surface area contributed by atoms with E-state index in [-0.39, 0.29) is 11.6 Å². The number of aromatic nitrogens is 1. The lowest BCUT2D eigenvalue weighted by atomic mass is 10.3. The van der Waals surface area contributed by atoms with Gasteiger partial charge >= 0.3 is 0 Å². The molecule has 1 heterocycles. The highest BCUT2D eigenvalue weighted by Crippen LogP contribution is 2.17. The van der Waals surface area contributed by atoms with Crippen LogP contribution in [0.4, 0.5) is 4.39 Å². The molecule has 0 amide bonds. The zero-order valence-electron chi connectivity index (χ0n) is 7.31. The Morgan fingerprint density at radius 2 is 2.21 bits per heavy atom. The Labute approximate surface area is 85.0 Å². The van der Waals surface area contributed by atoms with Crippen LogP contribution in [0.5, 0.6) is 5.75 Å². The van der Waals surface area contributed by atoms with Crippen molar-refractivity contribution in [3.63, 3.8) is 0 Å². The third-order valence-corrected chi connectivity index (χ3v) is 2.44. The highest BCUT2D eigenvalue weighted by molar-refractivity contribution is 7.09. The Morgan fingerprint density at radius 1 is 1.36 bits per heavy atom. The molecule has 2 aromatic rings. The molecule has 0 aliphatic heterocycles. The van der Waals surface area contributed by atoms with Gasteiger partial charge in [-0.15, -0.1) is 11.3 Å². The van der Waals surface area contributed by atoms with Crippen LogP contribution in [0.3, 0.4) is 0 Å². The SMILES string of the molecule is Fc1ccccc1OCc1cncs1. The molecule has 2 rings (SSSR count). The number of nitrogens with zero attached hydrogens (tertiary/aromatic N) is 1. The van der Waals surface area contributed by atoms with Gasteiger partial charge in [0.15, 0.2) is 11.6 Å². The molecule has 72 valence electrons. The molecular formula is C10H8FNOS. The minimum absolute atomic E-state index is 0.279. The standard InChI is InChI=1S/C10H8FNOS/c11-9-3-1-2-4-10(9)13-6-8-5-12-7-14-8/h1-5,7H,6H2. The molecule has 4 heteroatoms. The first-order chi connectivity index (χ1) is 6.86. The second kappa shape index (κ2) is 4.19. The number of hydrogen-bond acceptors (Lipinski definition) is 3. The van der Waals surface area contributed by atoms with Gasteiger partial charge in [0.25, 0.3) is 0 Å². The third kappa shape index (κ3) is 2.09. The molecule has 0 bridgehead atoms. The fourth-order valence-corrected chi connectivity index (χ4v) is 1.53. The van der Waals surface area contributed by atoms with Crippen molar-refractivity contribution >= 4 is 11.3 Å². The van der Waals surface area contributed by atoms with Crippen LogP contribution in [-0.4, -0.2) is 4.98 Å². The van der Waals surface area contributed by atoms with Crippen LogP contribution < -0.4 is 4.74 Å². The van der Waals surface area contributed by atoms with E-state index < -0.39 is 0 Å². The lowest BCUT2D eigenvalue weighted by Gasteiger charge is -2.04. The predicted molar refractivity (Wildman–Crippen MR) is 52.8 cm³/mol. The van der Waals surface area contributed by atoms with Crippen molar-refractivity contribution in [3.05, 3.63) is 46.7 Å². The van der Waals surface area contributed by atoms with Crippen LogP contribution in [0.15, 0.2) is 36.0 Å². The van der Waals surface area contributed by atoms with Gasteiger partial charge in [0.05, 0.1) is 10.4 Å². The maximum absolute atomic E-state index is 13.1. The van der Waals surface area contributed by atoms with Crippen molar-refractivity contribution in [3.8, 4) is 5.75 Å². The molecule has 0 aliphatic rings. The normalized spacial score (nSPS) is 10.1. The monoisotopic (exact) mass is 209 g/mol. The number of para-hydroxylation sites is 1. The molecule has 1 aromatic heterocycles. The van der Waals surface area contributed by atoms with Crippen molar-refractivity contribution in [2.24, 2.45) is 0 Å². The average Bonchev–Trinajstić information content (AvgIpc) is 2.69. The fourth-order valence-electron chi connectivity index (χ4n) is 1.02. The lowest BCUT2D eigenvalue weighted by Crippen LogP contribution is -1.94. The summed E-state index contributed by atoms with van der Waals surface area (Å²) in [5.41, 5.74) is 1.72. The first-order valence-electron chi connectivity index (χ1n) is 4.11. The summed E-state index contributed by atoms with van der Waals surface area (Å²) in [6.07, 6.45) is 1.71. The third-order valence-electron chi connectivity index (χ3n) is 1.69. The predicted octanol–water partition coefficient (Wildman–Crippen LogP) is 2.86. The molecule has 0 saturated heterocycles. The summed E-state index contributed by atoms with van der Waals surface area (Å²) in [4.78, 5) is 4.88. The highest BCUT2D eigenvalue weighted by Gasteiger charge is 2.01. The summed E-state index contributed by atoms with van der Waals surface area (Å²) in [6, 6.07) is 6.36. The molecule has 0 unspecified atom stereocenters. The van der Waals surface area contributed by atoms with Crippen LogP contribution in [0.25, 0.3) is 0 Å². The van der Waals surface area contributed by atoms with Crippen LogP contribution in [-0.2, 0) is 6.61 Å². The fraction of sp³-hybridized carbons (Fsp3) is 0.100. The number of ether oxygens (including phenoxy) is 1. The summed E-state index contributed by atoms with van der Waals surface area (Å²) in [7, 11) is 0. The van der Waals surface area contributed by atoms with Crippen LogP contribution >= 0.6 is 11.3 Å². The summed E-state index contributed by atoms with van der Waals surface area (Å²) >= 11 is 1.49. The maximum atomic E-state index is 13.1. The molecule has 2 nitrogen and oxygen atoms in total. The van der Waals surface area contributed by atoms with Crippen molar-refractivity contribution < 1.29 is 9.13 Å². The average molecular weight is 209 g/mol. The number of rotatable bonds is 3. The Morgan fingerprint density at radius 3 is 2.93 bits per heavy atom. The molecule has 14 heavy (non-hydrogen) atoms. The molecule has 0 saturated carbocycles. The summed E-state index contributed by atoms with van der Waals surface area (Å²) < 4.78 is 18.4. The maximum Gasteiger partial charge on any atom is 0.165 e. The van der Waals surface area contributed by atoms with Crippen LogP contribution in [0.2, 0.25) is 0 Å². The van der Waals surface area contributed by atoms with Gasteiger partial charge in [-0.25, -0.2) is 4.39 Å². The van der Waals surface area contributed by atoms with Gasteiger partial charge in [-0.05, 0) is 12.1 Å². The van der Waals surface area contributed by atoms with E-state index in [1.807, 2.05) is 0 Å². The zero-order valence-corrected chi connectivity index (χ0v) is 8.13. The summed E-state index contributed by atoms with van der Waals surface area (Å²) in [5, 5.41) is 0. The molecule has 0 N–H and O–H groups in total. The largest absolute Gasteiger partial charge is 0.485 e. The topological polar surface area (TPSA) is 22.1 Å². The summed E-state index contributed by atoms with van der Waals surface area (Å²) in [6.45, 7) is 0.367. The smallest absolute Gasteiger partial charge is 0.165 e. The van der Waals surface area contributed by atoms with Crippen LogP contribution in [0.1, 0.15) is 4.88 Å². The van der Waals surface area contributed by atoms with E-state index in [2.05, 4.69) is 4.98 Å². The Hall–Kier alpha value is -1.42. The van der Waals surface area contributed by atoms with E-state index >= 15 is 0 Å². The van der Waals surface area contributed by atoms with E-state index in [1.165, 1.54) is 17.4 Å². The minimum Gasteiger partial charge on any atom is -0.485 e. The van der Waals surface area contributed by atoms with Gasteiger partial charge in [0, 0.05) is 6.20 Å². The van der Waals surface area contributed by atoms with E-state index in [0.29, 0.717) is 6.61 Å². The quantitative estimate of drug-likeness (QED) is 0.775. The Bertz CT molecular complexity index is 402. The van der Waals surface area contributed by atoms with Crippen molar-refractivity contribution in [1.29, 1.82) is 0 Å². The second-order valence-corrected chi connectivity index (χ2v) is 3.66. The second-order valence-electron chi connectivity index (χ2n) is 2.69. The molecule has 0 radical (unpaired) electrons. The number of thiazole rings is 1. The summed E-state index contributed by atoms with van der Waals surface area (Å²) in [5.74, 6) is -0.0575. The van der Waals surface area contributed by atoms with Crippen molar-refractivity contribution in [1.82, 2.24) is 4.98 Å². The molecular weight excluding hydrogens is 201 g/mol. The molecule has 0 spiro atoms. The highest BCUT2D eigenvalue weighted by atomic mass is 32.1. The number of hydrogen-bond donors (Lipinski definition) is 0. The Balaban J connectivity index is 2.02. The molecule has 0 aliphatic carbocycles. The molecule has 0 fully saturated rings. The first-order valence-corrected chi connectivity index (χ1v) is 4.99. The zero-order chi connectivity index (χ0) is 9.80. The lowest BCUT2D eigenvalue weighted by molar-refractivity contribution is 0.293. The van der Waals surface area contributed by atoms with Gasteiger partial charge in [-0.1, -0.05) is 12.1 Å². The van der Waals surface area contributed by atoms with E-state index in [1.54, 1.807) is 29.9 Å². The van der Waals surface area contributed by atoms with Gasteiger partial charge in [0.1, 0.15) is 6.61 Å². The van der Waals surface area contributed by atoms with Gasteiger partial charge in [-0.3, -0.25) is 4.98 Å². The number of halogens is 1. The van der Waals surface area contributed by atoms with Gasteiger partial charge in [0.2, 0.25) is 0 Å². The van der Waals surface area contributed by atoms with Gasteiger partial charge < -0.3 is 4.74 Å². The molecule has 0 atom stereocenters. The van der Waals surface area contributed by atoms with E-state index in [0.717, 1.165) is 4.88 Å². The van der Waals surface area contributed by atoms with Crippen LogP contribution in [0, 0.1) is 5.82 Å². The Kier molecular flexibility index (Phi) is 2.74. The number of benzene rings is 1.